The molecule has 1 aliphatic rings. The fourth-order valence-electron chi connectivity index (χ4n) is 1.34. The Morgan fingerprint density at radius 1 is 1.27 bits per heavy atom. The molecule has 1 saturated heterocycles. The predicted octanol–water partition coefficient (Wildman–Crippen LogP) is 1.54. The van der Waals surface area contributed by atoms with Crippen LogP contribution in [0.15, 0.2) is 21.9 Å². The van der Waals surface area contributed by atoms with Crippen LogP contribution >= 0.6 is 0 Å². The Labute approximate surface area is 132 Å². The molecule has 0 amide bonds. The van der Waals surface area contributed by atoms with Crippen molar-refractivity contribution in [3.05, 3.63) is 33.1 Å². The van der Waals surface area contributed by atoms with E-state index in [1.807, 2.05) is 32.7 Å². The van der Waals surface area contributed by atoms with Crippen molar-refractivity contribution in [2.24, 2.45) is 0 Å². The molecule has 2 rings (SSSR count). The molecular formula is C15H32N2O5. The molecule has 1 aromatic rings. The first kappa shape index (κ1) is 25.5. The lowest BCUT2D eigenvalue weighted by Gasteiger charge is -2.05. The Bertz CT molecular complexity index is 372. The lowest BCUT2D eigenvalue weighted by molar-refractivity contribution is 0.0380. The van der Waals surface area contributed by atoms with E-state index in [9.17, 15) is 9.59 Å². The molecule has 132 valence electrons. The number of aliphatic hydroxyl groups excluding tert-OH is 1. The van der Waals surface area contributed by atoms with Crippen molar-refractivity contribution in [3.8, 4) is 0 Å². The summed E-state index contributed by atoms with van der Waals surface area (Å²) in [6.07, 6.45) is 4.06. The third-order valence-corrected chi connectivity index (χ3v) is 2.06. The van der Waals surface area contributed by atoms with Gasteiger partial charge in [-0.2, -0.15) is 0 Å². The van der Waals surface area contributed by atoms with Gasteiger partial charge in [0.25, 0.3) is 5.56 Å². The van der Waals surface area contributed by atoms with Gasteiger partial charge in [0.05, 0.1) is 12.7 Å². The number of aromatic nitrogens is 2. The van der Waals surface area contributed by atoms with Crippen molar-refractivity contribution in [1.29, 1.82) is 0 Å². The smallest absolute Gasteiger partial charge is 0.325 e. The maximum atomic E-state index is 10.2. The van der Waals surface area contributed by atoms with E-state index in [-0.39, 0.29) is 5.56 Å². The SMILES string of the molecule is CC.CC.CO.COCC1CCCO1.O=c1cc[nH]c(=O)[nH]1. The van der Waals surface area contributed by atoms with Crippen molar-refractivity contribution in [3.63, 3.8) is 0 Å². The highest BCUT2D eigenvalue weighted by atomic mass is 16.5. The fourth-order valence-corrected chi connectivity index (χ4v) is 1.34. The van der Waals surface area contributed by atoms with Gasteiger partial charge in [0.15, 0.2) is 0 Å². The molecule has 22 heavy (non-hydrogen) atoms. The van der Waals surface area contributed by atoms with Crippen LogP contribution in [-0.4, -0.2) is 48.6 Å². The van der Waals surface area contributed by atoms with Crippen LogP contribution in [0.4, 0.5) is 0 Å². The number of hydrogen-bond donors (Lipinski definition) is 3. The quantitative estimate of drug-likeness (QED) is 0.766. The van der Waals surface area contributed by atoms with E-state index < -0.39 is 5.69 Å². The molecule has 3 N–H and O–H groups in total. The Balaban J connectivity index is -0.000000246. The molecule has 2 heterocycles. The molecule has 1 aromatic heterocycles. The zero-order chi connectivity index (χ0) is 17.8. The number of nitrogens with one attached hydrogen (secondary N) is 2. The van der Waals surface area contributed by atoms with E-state index in [1.54, 1.807) is 7.11 Å². The monoisotopic (exact) mass is 320 g/mol. The number of hydrogen-bond acceptors (Lipinski definition) is 5. The van der Waals surface area contributed by atoms with E-state index in [4.69, 9.17) is 14.6 Å². The van der Waals surface area contributed by atoms with Crippen LogP contribution in [0.5, 0.6) is 0 Å². The van der Waals surface area contributed by atoms with E-state index in [1.165, 1.54) is 25.1 Å². The van der Waals surface area contributed by atoms with Crippen LogP contribution in [0, 0.1) is 0 Å². The van der Waals surface area contributed by atoms with Gasteiger partial charge in [-0.1, -0.05) is 27.7 Å². The molecule has 0 aliphatic carbocycles. The second-order valence-electron chi connectivity index (χ2n) is 3.39. The van der Waals surface area contributed by atoms with Gasteiger partial charge in [0, 0.05) is 33.1 Å². The highest BCUT2D eigenvalue weighted by Crippen LogP contribution is 2.10. The molecule has 0 spiro atoms. The Hall–Kier alpha value is -1.44. The summed E-state index contributed by atoms with van der Waals surface area (Å²) in [6.45, 7) is 9.69. The van der Waals surface area contributed by atoms with Crippen molar-refractivity contribution in [2.75, 3.05) is 27.4 Å². The highest BCUT2D eigenvalue weighted by molar-refractivity contribution is 4.77. The summed E-state index contributed by atoms with van der Waals surface area (Å²) in [6, 6.07) is 1.24. The summed E-state index contributed by atoms with van der Waals surface area (Å²) in [7, 11) is 2.71. The normalized spacial score (nSPS) is 14.6. The summed E-state index contributed by atoms with van der Waals surface area (Å²) in [5, 5.41) is 7.00. The summed E-state index contributed by atoms with van der Waals surface area (Å²) in [5.41, 5.74) is -0.855. The number of H-pyrrole nitrogens is 2. The van der Waals surface area contributed by atoms with Gasteiger partial charge in [-0.05, 0) is 12.8 Å². The third kappa shape index (κ3) is 16.6. The van der Waals surface area contributed by atoms with Crippen molar-refractivity contribution in [1.82, 2.24) is 9.97 Å². The standard InChI is InChI=1S/C6H12O2.C4H4N2O2.2C2H6.CH4O/c1-7-5-6-3-2-4-8-6;7-3-1-2-5-4(8)6-3;3*1-2/h6H,2-5H2,1H3;1-2H,(H2,5,6,7,8);2*1-2H3;2H,1H3. The molecule has 1 atom stereocenters. The van der Waals surface area contributed by atoms with Crippen LogP contribution in [-0.2, 0) is 9.47 Å². The molecule has 1 fully saturated rings. The van der Waals surface area contributed by atoms with E-state index >= 15 is 0 Å². The van der Waals surface area contributed by atoms with E-state index in [2.05, 4.69) is 4.98 Å². The average Bonchev–Trinajstić information content (AvgIpc) is 3.07. The number of ether oxygens (including phenoxy) is 2. The first-order valence-corrected chi connectivity index (χ1v) is 7.55. The molecule has 0 radical (unpaired) electrons. The fraction of sp³-hybridized carbons (Fsp3) is 0.733. The number of aliphatic hydroxyl groups is 1. The first-order chi connectivity index (χ1) is 10.7. The Morgan fingerprint density at radius 2 is 1.86 bits per heavy atom. The van der Waals surface area contributed by atoms with Crippen molar-refractivity contribution < 1.29 is 14.6 Å². The summed E-state index contributed by atoms with van der Waals surface area (Å²) >= 11 is 0. The van der Waals surface area contributed by atoms with Crippen molar-refractivity contribution >= 4 is 0 Å². The van der Waals surface area contributed by atoms with Gasteiger partial charge >= 0.3 is 5.69 Å². The summed E-state index contributed by atoms with van der Waals surface area (Å²) in [4.78, 5) is 24.7. The largest absolute Gasteiger partial charge is 0.400 e. The first-order valence-electron chi connectivity index (χ1n) is 7.55. The average molecular weight is 320 g/mol. The molecule has 1 aliphatic heterocycles. The zero-order valence-corrected chi connectivity index (χ0v) is 14.6. The van der Waals surface area contributed by atoms with E-state index in [0.29, 0.717) is 6.10 Å². The van der Waals surface area contributed by atoms with Gasteiger partial charge in [0.1, 0.15) is 0 Å². The Morgan fingerprint density at radius 3 is 2.18 bits per heavy atom. The van der Waals surface area contributed by atoms with Gasteiger partial charge in [0.2, 0.25) is 0 Å². The van der Waals surface area contributed by atoms with Crippen LogP contribution < -0.4 is 11.2 Å². The molecule has 0 saturated carbocycles. The van der Waals surface area contributed by atoms with E-state index in [0.717, 1.165) is 20.3 Å². The molecular weight excluding hydrogens is 288 g/mol. The van der Waals surface area contributed by atoms with Gasteiger partial charge in [-0.25, -0.2) is 4.79 Å². The number of aromatic amines is 2. The summed E-state index contributed by atoms with van der Waals surface area (Å²) in [5.74, 6) is 0. The topological polar surface area (TPSA) is 104 Å². The molecule has 7 nitrogen and oxygen atoms in total. The van der Waals surface area contributed by atoms with Gasteiger partial charge < -0.3 is 19.6 Å². The minimum absolute atomic E-state index is 0.381. The van der Waals surface area contributed by atoms with Crippen LogP contribution in [0.1, 0.15) is 40.5 Å². The summed E-state index contributed by atoms with van der Waals surface area (Å²) < 4.78 is 10.2. The van der Waals surface area contributed by atoms with Crippen molar-refractivity contribution in [2.45, 2.75) is 46.6 Å². The second kappa shape index (κ2) is 21.9. The maximum Gasteiger partial charge on any atom is 0.325 e. The van der Waals surface area contributed by atoms with Gasteiger partial charge in [-0.3, -0.25) is 9.78 Å². The third-order valence-electron chi connectivity index (χ3n) is 2.06. The lowest BCUT2D eigenvalue weighted by atomic mass is 10.2. The maximum absolute atomic E-state index is 10.2. The van der Waals surface area contributed by atoms with Crippen LogP contribution in [0.25, 0.3) is 0 Å². The highest BCUT2D eigenvalue weighted by Gasteiger charge is 2.13. The number of methoxy groups -OCH3 is 1. The molecule has 1 unspecified atom stereocenters. The predicted molar refractivity (Wildman–Crippen MR) is 89.4 cm³/mol. The lowest BCUT2D eigenvalue weighted by Crippen LogP contribution is -2.19. The van der Waals surface area contributed by atoms with Gasteiger partial charge in [-0.15, -0.1) is 0 Å². The molecule has 7 heteroatoms. The zero-order valence-electron chi connectivity index (χ0n) is 14.6. The Kier molecular flexibility index (Phi) is 25.3. The second-order valence-corrected chi connectivity index (χ2v) is 3.39. The molecule has 0 aromatic carbocycles. The minimum atomic E-state index is -0.475. The minimum Gasteiger partial charge on any atom is -0.400 e. The van der Waals surface area contributed by atoms with Crippen LogP contribution in [0.2, 0.25) is 0 Å². The molecule has 0 bridgehead atoms. The number of rotatable bonds is 2. The van der Waals surface area contributed by atoms with Crippen LogP contribution in [0.3, 0.4) is 0 Å².